The zero-order chi connectivity index (χ0) is 13.2. The molecule has 1 heterocycles. The molecule has 1 aromatic carbocycles. The van der Waals surface area contributed by atoms with Crippen LogP contribution in [-0.2, 0) is 16.2 Å². The third-order valence-electron chi connectivity index (χ3n) is 2.31. The van der Waals surface area contributed by atoms with Crippen LogP contribution in [0.5, 0.6) is 0 Å². The van der Waals surface area contributed by atoms with E-state index in [0.717, 1.165) is 11.0 Å². The predicted molar refractivity (Wildman–Crippen MR) is 68.7 cm³/mol. The first-order valence-corrected chi connectivity index (χ1v) is 5.82. The highest BCUT2D eigenvalue weighted by Gasteiger charge is 2.13. The molecule has 0 saturated heterocycles. The Hall–Kier alpha value is -1.88. The van der Waals surface area contributed by atoms with Crippen LogP contribution < -0.4 is 5.48 Å². The lowest BCUT2D eigenvalue weighted by molar-refractivity contribution is -0.146. The molecular formula is C13H17N3O2. The molecule has 0 aliphatic carbocycles. The SMILES string of the molecule is CC(C)(C)ONC(=O)Cn1cnc2ccccc21. The van der Waals surface area contributed by atoms with Gasteiger partial charge in [0.15, 0.2) is 0 Å². The van der Waals surface area contributed by atoms with Gasteiger partial charge < -0.3 is 4.57 Å². The number of rotatable bonds is 3. The summed E-state index contributed by atoms with van der Waals surface area (Å²) in [5, 5.41) is 0. The molecule has 0 spiro atoms. The fourth-order valence-corrected chi connectivity index (χ4v) is 1.53. The molecule has 0 atom stereocenters. The Balaban J connectivity index is 2.03. The third kappa shape index (κ3) is 3.07. The zero-order valence-electron chi connectivity index (χ0n) is 10.8. The molecule has 1 N–H and O–H groups in total. The summed E-state index contributed by atoms with van der Waals surface area (Å²) in [6, 6.07) is 7.68. The van der Waals surface area contributed by atoms with E-state index in [9.17, 15) is 4.79 Å². The number of carbonyl (C=O) groups is 1. The number of nitrogens with one attached hydrogen (secondary N) is 1. The number of hydroxylamine groups is 1. The lowest BCUT2D eigenvalue weighted by Crippen LogP contribution is -2.35. The predicted octanol–water partition coefficient (Wildman–Crippen LogP) is 1.88. The van der Waals surface area contributed by atoms with Crippen molar-refractivity contribution in [2.45, 2.75) is 32.9 Å². The first-order valence-electron chi connectivity index (χ1n) is 5.82. The van der Waals surface area contributed by atoms with E-state index < -0.39 is 5.60 Å². The van der Waals surface area contributed by atoms with Gasteiger partial charge in [-0.3, -0.25) is 9.63 Å². The van der Waals surface area contributed by atoms with Gasteiger partial charge in [-0.05, 0) is 32.9 Å². The number of imidazole rings is 1. The van der Waals surface area contributed by atoms with Crippen LogP contribution in [0.3, 0.4) is 0 Å². The number of nitrogens with zero attached hydrogens (tertiary/aromatic N) is 2. The summed E-state index contributed by atoms with van der Waals surface area (Å²) in [4.78, 5) is 21.2. The highest BCUT2D eigenvalue weighted by Crippen LogP contribution is 2.11. The summed E-state index contributed by atoms with van der Waals surface area (Å²) in [6.45, 7) is 5.82. The second kappa shape index (κ2) is 4.78. The van der Waals surface area contributed by atoms with E-state index in [2.05, 4.69) is 10.5 Å². The maximum atomic E-state index is 11.7. The van der Waals surface area contributed by atoms with Crippen molar-refractivity contribution in [3.05, 3.63) is 30.6 Å². The van der Waals surface area contributed by atoms with Crippen LogP contribution in [0.4, 0.5) is 0 Å². The van der Waals surface area contributed by atoms with Gasteiger partial charge in [0.2, 0.25) is 0 Å². The van der Waals surface area contributed by atoms with Gasteiger partial charge in [-0.15, -0.1) is 0 Å². The zero-order valence-corrected chi connectivity index (χ0v) is 10.8. The number of amides is 1. The summed E-state index contributed by atoms with van der Waals surface area (Å²) in [7, 11) is 0. The Morgan fingerprint density at radius 3 is 2.83 bits per heavy atom. The molecule has 2 rings (SSSR count). The summed E-state index contributed by atoms with van der Waals surface area (Å²) < 4.78 is 1.79. The van der Waals surface area contributed by atoms with E-state index in [-0.39, 0.29) is 12.5 Å². The van der Waals surface area contributed by atoms with Crippen molar-refractivity contribution in [3.8, 4) is 0 Å². The second-order valence-corrected chi connectivity index (χ2v) is 5.10. The molecule has 96 valence electrons. The summed E-state index contributed by atoms with van der Waals surface area (Å²) in [6.07, 6.45) is 1.65. The molecule has 1 aromatic heterocycles. The largest absolute Gasteiger partial charge is 0.321 e. The van der Waals surface area contributed by atoms with E-state index in [1.807, 2.05) is 45.0 Å². The normalized spacial score (nSPS) is 11.7. The maximum Gasteiger partial charge on any atom is 0.263 e. The monoisotopic (exact) mass is 247 g/mol. The van der Waals surface area contributed by atoms with Gasteiger partial charge >= 0.3 is 0 Å². The van der Waals surface area contributed by atoms with E-state index >= 15 is 0 Å². The molecule has 0 radical (unpaired) electrons. The van der Waals surface area contributed by atoms with Crippen LogP contribution in [0.2, 0.25) is 0 Å². The van der Waals surface area contributed by atoms with E-state index in [0.29, 0.717) is 0 Å². The fraction of sp³-hybridized carbons (Fsp3) is 0.385. The average Bonchev–Trinajstić information content (AvgIpc) is 2.70. The molecule has 0 saturated carbocycles. The smallest absolute Gasteiger partial charge is 0.263 e. The molecule has 0 aliphatic heterocycles. The highest BCUT2D eigenvalue weighted by atomic mass is 16.7. The summed E-state index contributed by atoms with van der Waals surface area (Å²) >= 11 is 0. The number of benzene rings is 1. The minimum Gasteiger partial charge on any atom is -0.321 e. The van der Waals surface area contributed by atoms with Crippen LogP contribution in [0, 0.1) is 0 Å². The second-order valence-electron chi connectivity index (χ2n) is 5.10. The topological polar surface area (TPSA) is 56.1 Å². The van der Waals surface area contributed by atoms with Gasteiger partial charge in [0.1, 0.15) is 6.54 Å². The number of para-hydroxylation sites is 2. The number of aromatic nitrogens is 2. The van der Waals surface area contributed by atoms with Crippen molar-refractivity contribution in [1.82, 2.24) is 15.0 Å². The molecule has 5 nitrogen and oxygen atoms in total. The van der Waals surface area contributed by atoms with Crippen LogP contribution in [0.25, 0.3) is 11.0 Å². The molecule has 5 heteroatoms. The van der Waals surface area contributed by atoms with Crippen molar-refractivity contribution in [3.63, 3.8) is 0 Å². The number of hydrogen-bond donors (Lipinski definition) is 1. The number of hydrogen-bond acceptors (Lipinski definition) is 3. The van der Waals surface area contributed by atoms with Crippen LogP contribution in [0.1, 0.15) is 20.8 Å². The van der Waals surface area contributed by atoms with Gasteiger partial charge in [0.25, 0.3) is 5.91 Å². The molecule has 0 bridgehead atoms. The third-order valence-corrected chi connectivity index (χ3v) is 2.31. The van der Waals surface area contributed by atoms with Gasteiger partial charge in [0, 0.05) is 0 Å². The van der Waals surface area contributed by atoms with Crippen molar-refractivity contribution < 1.29 is 9.63 Å². The van der Waals surface area contributed by atoms with Crippen LogP contribution in [0.15, 0.2) is 30.6 Å². The van der Waals surface area contributed by atoms with E-state index in [4.69, 9.17) is 4.84 Å². The maximum absolute atomic E-state index is 11.7. The number of fused-ring (bicyclic) bond motifs is 1. The van der Waals surface area contributed by atoms with Crippen LogP contribution >= 0.6 is 0 Å². The van der Waals surface area contributed by atoms with E-state index in [1.165, 1.54) is 0 Å². The van der Waals surface area contributed by atoms with E-state index in [1.54, 1.807) is 10.9 Å². The van der Waals surface area contributed by atoms with Crippen molar-refractivity contribution in [2.24, 2.45) is 0 Å². The molecule has 0 aliphatic rings. The lowest BCUT2D eigenvalue weighted by Gasteiger charge is -2.19. The Morgan fingerprint density at radius 2 is 2.11 bits per heavy atom. The molecule has 18 heavy (non-hydrogen) atoms. The quantitative estimate of drug-likeness (QED) is 0.842. The highest BCUT2D eigenvalue weighted by molar-refractivity contribution is 5.79. The Bertz CT molecular complexity index is 555. The standard InChI is InChI=1S/C13H17N3O2/c1-13(2,3)18-15-12(17)8-16-9-14-10-6-4-5-7-11(10)16/h4-7,9H,8H2,1-3H3,(H,15,17). The lowest BCUT2D eigenvalue weighted by atomic mass is 10.2. The summed E-state index contributed by atoms with van der Waals surface area (Å²) in [5.74, 6) is -0.201. The minimum atomic E-state index is -0.396. The molecular weight excluding hydrogens is 230 g/mol. The Kier molecular flexibility index (Phi) is 3.34. The molecule has 0 fully saturated rings. The minimum absolute atomic E-state index is 0.191. The summed E-state index contributed by atoms with van der Waals surface area (Å²) in [5.41, 5.74) is 3.85. The molecule has 2 aromatic rings. The van der Waals surface area contributed by atoms with Gasteiger partial charge in [-0.2, -0.15) is 0 Å². The first-order chi connectivity index (χ1) is 8.46. The average molecular weight is 247 g/mol. The van der Waals surface area contributed by atoms with Crippen molar-refractivity contribution in [2.75, 3.05) is 0 Å². The van der Waals surface area contributed by atoms with Gasteiger partial charge in [-0.25, -0.2) is 10.5 Å². The molecule has 1 amide bonds. The van der Waals surface area contributed by atoms with Gasteiger partial charge in [-0.1, -0.05) is 12.1 Å². The van der Waals surface area contributed by atoms with Gasteiger partial charge in [0.05, 0.1) is 23.0 Å². The Labute approximate surface area is 106 Å². The molecule has 0 unspecified atom stereocenters. The van der Waals surface area contributed by atoms with Crippen LogP contribution in [-0.4, -0.2) is 21.1 Å². The van der Waals surface area contributed by atoms with Crippen molar-refractivity contribution >= 4 is 16.9 Å². The number of carbonyl (C=O) groups excluding carboxylic acids is 1. The fourth-order valence-electron chi connectivity index (χ4n) is 1.53. The first kappa shape index (κ1) is 12.6. The van der Waals surface area contributed by atoms with Crippen molar-refractivity contribution in [1.29, 1.82) is 0 Å². The Morgan fingerprint density at radius 1 is 1.39 bits per heavy atom.